The van der Waals surface area contributed by atoms with Crippen LogP contribution in [0.15, 0.2) is 54.6 Å². The minimum Gasteiger partial charge on any atom is -0.338 e. The Kier molecular flexibility index (Phi) is 5.00. The van der Waals surface area contributed by atoms with Gasteiger partial charge in [0, 0.05) is 10.3 Å². The molecule has 1 aromatic heterocycles. The second-order valence-electron chi connectivity index (χ2n) is 8.76. The Morgan fingerprint density at radius 3 is 2.69 bits per heavy atom. The van der Waals surface area contributed by atoms with E-state index in [0.717, 1.165) is 5.56 Å². The maximum Gasteiger partial charge on any atom is 0.252 e. The fraction of sp³-hybridized carbons (Fsp3) is 0.348. The molecule has 2 aliphatic heterocycles. The van der Waals surface area contributed by atoms with Gasteiger partial charge in [-0.1, -0.05) is 48.0 Å². The summed E-state index contributed by atoms with van der Waals surface area (Å²) in [6.07, 6.45) is 0. The van der Waals surface area contributed by atoms with Crippen molar-refractivity contribution in [3.8, 4) is 0 Å². The summed E-state index contributed by atoms with van der Waals surface area (Å²) in [7, 11) is 0. The number of thioether (sulfide) groups is 1. The van der Waals surface area contributed by atoms with E-state index in [-0.39, 0.29) is 28.0 Å². The van der Waals surface area contributed by atoms with E-state index in [1.54, 1.807) is 40.7 Å². The Balaban J connectivity index is 1.38. The van der Waals surface area contributed by atoms with E-state index in [1.165, 1.54) is 5.56 Å². The predicted molar refractivity (Wildman–Crippen MR) is 121 cm³/mol. The molecule has 32 heavy (non-hydrogen) atoms. The molecule has 5 rings (SSSR count). The standard InChI is InChI=1S/C23H24N6O2S/c1-14-8-7-9-15(12-14)13-28-19(25-26-27-28)18-23(2,3)32-22-17(21(31)29(18)22)24-20(30)16-10-5-4-6-11-16/h4-12,17-18,22H,13H2,1-3H3,(H,24,30). The molecule has 0 radical (unpaired) electrons. The van der Waals surface area contributed by atoms with E-state index < -0.39 is 6.04 Å². The summed E-state index contributed by atoms with van der Waals surface area (Å²) in [5.74, 6) is 0.315. The lowest BCUT2D eigenvalue weighted by Crippen LogP contribution is -2.68. The van der Waals surface area contributed by atoms with Gasteiger partial charge in [0.05, 0.1) is 6.54 Å². The van der Waals surface area contributed by atoms with Crippen molar-refractivity contribution in [3.05, 3.63) is 77.1 Å². The van der Waals surface area contributed by atoms with Crippen LogP contribution in [0.4, 0.5) is 0 Å². The van der Waals surface area contributed by atoms with Gasteiger partial charge in [-0.15, -0.1) is 16.9 Å². The number of benzene rings is 2. The molecule has 9 heteroatoms. The molecule has 164 valence electrons. The fourth-order valence-corrected chi connectivity index (χ4v) is 6.11. The highest BCUT2D eigenvalue weighted by atomic mass is 32.2. The SMILES string of the molecule is Cc1cccc(Cn2nnnc2C2N3C(=O)C(NC(=O)c4ccccc4)C3SC2(C)C)c1. The number of amides is 2. The highest BCUT2D eigenvalue weighted by Crippen LogP contribution is 2.56. The van der Waals surface area contributed by atoms with Crippen LogP contribution in [0, 0.1) is 6.92 Å². The van der Waals surface area contributed by atoms with Gasteiger partial charge in [-0.3, -0.25) is 9.59 Å². The highest BCUT2D eigenvalue weighted by molar-refractivity contribution is 8.01. The van der Waals surface area contributed by atoms with Crippen LogP contribution in [0.1, 0.15) is 47.2 Å². The van der Waals surface area contributed by atoms with Crippen molar-refractivity contribution >= 4 is 23.6 Å². The summed E-state index contributed by atoms with van der Waals surface area (Å²) >= 11 is 1.67. The van der Waals surface area contributed by atoms with Crippen molar-refractivity contribution in [1.29, 1.82) is 0 Å². The number of tetrazole rings is 1. The maximum atomic E-state index is 13.1. The molecule has 3 unspecified atom stereocenters. The monoisotopic (exact) mass is 448 g/mol. The zero-order valence-electron chi connectivity index (χ0n) is 18.1. The smallest absolute Gasteiger partial charge is 0.252 e. The van der Waals surface area contributed by atoms with Crippen LogP contribution in [-0.4, -0.2) is 53.1 Å². The third-order valence-electron chi connectivity index (χ3n) is 5.98. The number of nitrogens with zero attached hydrogens (tertiary/aromatic N) is 5. The van der Waals surface area contributed by atoms with E-state index in [4.69, 9.17) is 0 Å². The van der Waals surface area contributed by atoms with Crippen LogP contribution in [0.3, 0.4) is 0 Å². The molecule has 0 bridgehead atoms. The number of carbonyl (C=O) groups excluding carboxylic acids is 2. The number of aromatic nitrogens is 4. The minimum atomic E-state index is -0.557. The number of carbonyl (C=O) groups is 2. The number of hydrogen-bond donors (Lipinski definition) is 1. The average Bonchev–Trinajstić information content (AvgIpc) is 3.31. The number of rotatable bonds is 5. The van der Waals surface area contributed by atoms with Crippen LogP contribution in [0.25, 0.3) is 0 Å². The summed E-state index contributed by atoms with van der Waals surface area (Å²) in [5.41, 5.74) is 2.81. The Bertz CT molecular complexity index is 1180. The third-order valence-corrected chi connectivity index (χ3v) is 7.55. The first-order valence-corrected chi connectivity index (χ1v) is 11.4. The summed E-state index contributed by atoms with van der Waals surface area (Å²) in [6, 6.07) is 16.3. The molecule has 2 saturated heterocycles. The molecule has 2 aromatic carbocycles. The minimum absolute atomic E-state index is 0.104. The molecule has 0 spiro atoms. The molecule has 0 saturated carbocycles. The first kappa shape index (κ1) is 20.7. The molecular weight excluding hydrogens is 424 g/mol. The average molecular weight is 449 g/mol. The second kappa shape index (κ2) is 7.74. The first-order valence-electron chi connectivity index (χ1n) is 10.5. The van der Waals surface area contributed by atoms with Crippen LogP contribution in [-0.2, 0) is 11.3 Å². The molecule has 3 atom stereocenters. The van der Waals surface area contributed by atoms with E-state index in [2.05, 4.69) is 40.8 Å². The van der Waals surface area contributed by atoms with Crippen molar-refractivity contribution < 1.29 is 9.59 Å². The summed E-state index contributed by atoms with van der Waals surface area (Å²) in [6.45, 7) is 6.77. The quantitative estimate of drug-likeness (QED) is 0.603. The van der Waals surface area contributed by atoms with Crippen LogP contribution in [0.2, 0.25) is 0 Å². The normalized spacial score (nSPS) is 23.5. The number of hydrogen-bond acceptors (Lipinski definition) is 6. The molecule has 8 nitrogen and oxygen atoms in total. The number of nitrogens with one attached hydrogen (secondary N) is 1. The van der Waals surface area contributed by atoms with Crippen molar-refractivity contribution in [1.82, 2.24) is 30.4 Å². The first-order chi connectivity index (χ1) is 15.3. The summed E-state index contributed by atoms with van der Waals surface area (Å²) in [5, 5.41) is 15.2. The van der Waals surface area contributed by atoms with E-state index in [1.807, 2.05) is 36.1 Å². The molecule has 3 heterocycles. The van der Waals surface area contributed by atoms with Crippen molar-refractivity contribution in [2.24, 2.45) is 0 Å². The van der Waals surface area contributed by atoms with Gasteiger partial charge in [0.25, 0.3) is 5.91 Å². The van der Waals surface area contributed by atoms with Crippen LogP contribution in [0.5, 0.6) is 0 Å². The van der Waals surface area contributed by atoms with Gasteiger partial charge >= 0.3 is 0 Å². The molecule has 2 amide bonds. The van der Waals surface area contributed by atoms with Crippen molar-refractivity contribution in [3.63, 3.8) is 0 Å². The summed E-state index contributed by atoms with van der Waals surface area (Å²) in [4.78, 5) is 27.6. The molecule has 0 aliphatic carbocycles. The van der Waals surface area contributed by atoms with Crippen molar-refractivity contribution in [2.75, 3.05) is 0 Å². The molecular formula is C23H24N6O2S. The van der Waals surface area contributed by atoms with Gasteiger partial charge < -0.3 is 10.2 Å². The van der Waals surface area contributed by atoms with Gasteiger partial charge in [0.15, 0.2) is 5.82 Å². The predicted octanol–water partition coefficient (Wildman–Crippen LogP) is 2.56. The fourth-order valence-electron chi connectivity index (χ4n) is 4.48. The lowest BCUT2D eigenvalue weighted by Gasteiger charge is -2.44. The zero-order valence-corrected chi connectivity index (χ0v) is 18.9. The van der Waals surface area contributed by atoms with Gasteiger partial charge in [-0.25, -0.2) is 4.68 Å². The number of β-lactam (4-membered cyclic amide) rings is 1. The van der Waals surface area contributed by atoms with Crippen molar-refractivity contribution in [2.45, 2.75) is 49.5 Å². The Morgan fingerprint density at radius 2 is 1.94 bits per heavy atom. The summed E-state index contributed by atoms with van der Waals surface area (Å²) < 4.78 is 1.46. The van der Waals surface area contributed by atoms with Gasteiger partial charge in [0.2, 0.25) is 5.91 Å². The van der Waals surface area contributed by atoms with Gasteiger partial charge in [-0.05, 0) is 48.9 Å². The lowest BCUT2D eigenvalue weighted by molar-refractivity contribution is -0.149. The molecule has 1 N–H and O–H groups in total. The Labute approximate surface area is 190 Å². The zero-order chi connectivity index (χ0) is 22.5. The van der Waals surface area contributed by atoms with E-state index in [0.29, 0.717) is 17.9 Å². The van der Waals surface area contributed by atoms with Crippen LogP contribution >= 0.6 is 11.8 Å². The number of fused-ring (bicyclic) bond motifs is 1. The number of aryl methyl sites for hydroxylation is 1. The second-order valence-corrected chi connectivity index (χ2v) is 10.5. The Morgan fingerprint density at radius 1 is 1.16 bits per heavy atom. The highest BCUT2D eigenvalue weighted by Gasteiger charge is 2.63. The third kappa shape index (κ3) is 3.46. The van der Waals surface area contributed by atoms with Gasteiger partial charge in [0.1, 0.15) is 17.5 Å². The van der Waals surface area contributed by atoms with Gasteiger partial charge in [-0.2, -0.15) is 0 Å². The molecule has 2 aliphatic rings. The van der Waals surface area contributed by atoms with Crippen LogP contribution < -0.4 is 5.32 Å². The Hall–Kier alpha value is -3.20. The largest absolute Gasteiger partial charge is 0.338 e. The topological polar surface area (TPSA) is 93.0 Å². The lowest BCUT2D eigenvalue weighted by atomic mass is 9.95. The van der Waals surface area contributed by atoms with E-state index in [9.17, 15) is 9.59 Å². The van der Waals surface area contributed by atoms with E-state index >= 15 is 0 Å². The maximum absolute atomic E-state index is 13.1. The molecule has 2 fully saturated rings. The molecule has 3 aromatic rings.